The van der Waals surface area contributed by atoms with Crippen molar-refractivity contribution in [3.8, 4) is 0 Å². The molecular weight excluding hydrogens is 234 g/mol. The van der Waals surface area contributed by atoms with Crippen LogP contribution in [0.25, 0.3) is 0 Å². The molecule has 0 radical (unpaired) electrons. The fourth-order valence-corrected chi connectivity index (χ4v) is 2.08. The first-order valence-corrected chi connectivity index (χ1v) is 6.44. The van der Waals surface area contributed by atoms with Crippen LogP contribution in [0.2, 0.25) is 0 Å². The van der Waals surface area contributed by atoms with Crippen molar-refractivity contribution >= 4 is 6.03 Å². The summed E-state index contributed by atoms with van der Waals surface area (Å²) in [6, 6.07) is -0.00448. The van der Waals surface area contributed by atoms with Gasteiger partial charge in [-0.1, -0.05) is 0 Å². The van der Waals surface area contributed by atoms with E-state index >= 15 is 0 Å². The van der Waals surface area contributed by atoms with Crippen LogP contribution in [0.3, 0.4) is 0 Å². The fourth-order valence-electron chi connectivity index (χ4n) is 2.08. The van der Waals surface area contributed by atoms with Crippen LogP contribution >= 0.6 is 0 Å². The number of carbonyl (C=O) groups excluding carboxylic acids is 1. The third-order valence-electron chi connectivity index (χ3n) is 3.42. The van der Waals surface area contributed by atoms with Crippen molar-refractivity contribution in [3.63, 3.8) is 0 Å². The van der Waals surface area contributed by atoms with Crippen molar-refractivity contribution in [2.24, 2.45) is 5.73 Å². The Kier molecular flexibility index (Phi) is 5.84. The third-order valence-corrected chi connectivity index (χ3v) is 3.42. The fraction of sp³-hybridized carbons (Fsp3) is 0.917. The summed E-state index contributed by atoms with van der Waals surface area (Å²) < 4.78 is 4.96. The molecule has 0 aliphatic carbocycles. The first kappa shape index (κ1) is 15.2. The van der Waals surface area contributed by atoms with Gasteiger partial charge in [-0.05, 0) is 19.8 Å². The first-order valence-electron chi connectivity index (χ1n) is 6.44. The molecule has 0 aromatic carbocycles. The van der Waals surface area contributed by atoms with Crippen molar-refractivity contribution in [2.75, 3.05) is 33.4 Å². The number of likely N-dealkylation sites (tertiary alicyclic amines) is 1. The molecule has 1 aliphatic rings. The minimum absolute atomic E-state index is 0.342. The highest BCUT2D eigenvalue weighted by Gasteiger charge is 2.24. The van der Waals surface area contributed by atoms with E-state index in [1.807, 2.05) is 0 Å². The molecule has 1 saturated heterocycles. The smallest absolute Gasteiger partial charge is 0.314 e. The molecule has 6 nitrogen and oxygen atoms in total. The van der Waals surface area contributed by atoms with Crippen LogP contribution in [0.15, 0.2) is 0 Å². The molecule has 1 atom stereocenters. The highest BCUT2D eigenvalue weighted by molar-refractivity contribution is 5.72. The van der Waals surface area contributed by atoms with Gasteiger partial charge < -0.3 is 25.8 Å². The topological polar surface area (TPSA) is 87.8 Å². The molecule has 4 N–H and O–H groups in total. The number of nitrogens with one attached hydrogen (secondary N) is 1. The normalized spacial score (nSPS) is 20.7. The molecule has 0 saturated carbocycles. The van der Waals surface area contributed by atoms with Gasteiger partial charge in [-0.25, -0.2) is 4.79 Å². The van der Waals surface area contributed by atoms with Gasteiger partial charge in [0.15, 0.2) is 0 Å². The number of primary amides is 1. The molecule has 0 aromatic rings. The highest BCUT2D eigenvalue weighted by atomic mass is 16.5. The molecule has 2 amide bonds. The second kappa shape index (κ2) is 6.92. The molecule has 0 bridgehead atoms. The maximum absolute atomic E-state index is 11.0. The van der Waals surface area contributed by atoms with E-state index in [0.29, 0.717) is 38.7 Å². The number of carbonyl (C=O) groups is 1. The van der Waals surface area contributed by atoms with E-state index in [4.69, 9.17) is 10.5 Å². The molecule has 1 aliphatic heterocycles. The van der Waals surface area contributed by atoms with Gasteiger partial charge in [0.05, 0.1) is 5.60 Å². The Balaban J connectivity index is 2.23. The zero-order valence-corrected chi connectivity index (χ0v) is 11.3. The number of ether oxygens (including phenoxy) is 1. The van der Waals surface area contributed by atoms with Crippen LogP contribution < -0.4 is 11.1 Å². The van der Waals surface area contributed by atoms with Crippen LogP contribution in [0.4, 0.5) is 4.79 Å². The molecular formula is C12H25N3O3. The maximum Gasteiger partial charge on any atom is 0.314 e. The van der Waals surface area contributed by atoms with Crippen molar-refractivity contribution in [1.82, 2.24) is 10.2 Å². The standard InChI is InChI=1S/C12H25N3O3/c1-12(17,5-8-18-2)9-14-10-3-6-15(7-4-10)11(13)16/h10,14,17H,3-9H2,1-2H3,(H2,13,16). The molecule has 106 valence electrons. The number of hydrogen-bond donors (Lipinski definition) is 3. The Morgan fingerprint density at radius 3 is 2.67 bits per heavy atom. The summed E-state index contributed by atoms with van der Waals surface area (Å²) >= 11 is 0. The summed E-state index contributed by atoms with van der Waals surface area (Å²) in [6.07, 6.45) is 2.36. The summed E-state index contributed by atoms with van der Waals surface area (Å²) in [5, 5.41) is 13.4. The lowest BCUT2D eigenvalue weighted by atomic mass is 10.00. The zero-order chi connectivity index (χ0) is 13.6. The van der Waals surface area contributed by atoms with E-state index in [0.717, 1.165) is 12.8 Å². The Morgan fingerprint density at radius 2 is 2.17 bits per heavy atom. The predicted molar refractivity (Wildman–Crippen MR) is 69.3 cm³/mol. The number of rotatable bonds is 6. The van der Waals surface area contributed by atoms with Gasteiger partial charge >= 0.3 is 6.03 Å². The molecule has 0 spiro atoms. The minimum Gasteiger partial charge on any atom is -0.389 e. The van der Waals surface area contributed by atoms with E-state index in [1.165, 1.54) is 0 Å². The van der Waals surface area contributed by atoms with Crippen LogP contribution in [-0.2, 0) is 4.74 Å². The summed E-state index contributed by atoms with van der Waals surface area (Å²) in [5.41, 5.74) is 4.47. The van der Waals surface area contributed by atoms with Crippen molar-refractivity contribution in [1.29, 1.82) is 0 Å². The minimum atomic E-state index is -0.753. The average Bonchev–Trinajstić information content (AvgIpc) is 2.35. The largest absolute Gasteiger partial charge is 0.389 e. The summed E-state index contributed by atoms with van der Waals surface area (Å²) in [4.78, 5) is 12.6. The second-order valence-electron chi connectivity index (χ2n) is 5.22. The van der Waals surface area contributed by atoms with Crippen LogP contribution in [0.5, 0.6) is 0 Å². The Morgan fingerprint density at radius 1 is 1.56 bits per heavy atom. The quantitative estimate of drug-likeness (QED) is 0.622. The molecule has 1 fully saturated rings. The zero-order valence-electron chi connectivity index (χ0n) is 11.3. The first-order chi connectivity index (χ1) is 8.44. The third kappa shape index (κ3) is 5.20. The number of aliphatic hydroxyl groups is 1. The van der Waals surface area contributed by atoms with E-state index in [-0.39, 0.29) is 6.03 Å². The van der Waals surface area contributed by atoms with E-state index < -0.39 is 5.60 Å². The number of amides is 2. The van der Waals surface area contributed by atoms with Gasteiger partial charge in [-0.2, -0.15) is 0 Å². The summed E-state index contributed by atoms with van der Waals surface area (Å²) in [7, 11) is 1.63. The van der Waals surface area contributed by atoms with Gasteiger partial charge in [0.25, 0.3) is 0 Å². The van der Waals surface area contributed by atoms with Gasteiger partial charge in [-0.3, -0.25) is 0 Å². The van der Waals surface area contributed by atoms with Crippen molar-refractivity contribution in [3.05, 3.63) is 0 Å². The van der Waals surface area contributed by atoms with Crippen LogP contribution in [0.1, 0.15) is 26.2 Å². The highest BCUT2D eigenvalue weighted by Crippen LogP contribution is 2.13. The number of nitrogens with two attached hydrogens (primary N) is 1. The molecule has 6 heteroatoms. The lowest BCUT2D eigenvalue weighted by Gasteiger charge is -2.33. The van der Waals surface area contributed by atoms with Gasteiger partial charge in [0.2, 0.25) is 0 Å². The maximum atomic E-state index is 11.0. The van der Waals surface area contributed by atoms with Crippen LogP contribution in [-0.4, -0.2) is 61.0 Å². The number of methoxy groups -OCH3 is 1. The summed E-state index contributed by atoms with van der Waals surface area (Å²) in [5.74, 6) is 0. The number of urea groups is 1. The molecule has 1 unspecified atom stereocenters. The number of nitrogens with zero attached hydrogens (tertiary/aromatic N) is 1. The number of hydrogen-bond acceptors (Lipinski definition) is 4. The van der Waals surface area contributed by atoms with E-state index in [1.54, 1.807) is 18.9 Å². The van der Waals surface area contributed by atoms with Gasteiger partial charge in [0, 0.05) is 45.8 Å². The lowest BCUT2D eigenvalue weighted by molar-refractivity contribution is 0.0211. The predicted octanol–water partition coefficient (Wildman–Crippen LogP) is -0.0934. The van der Waals surface area contributed by atoms with E-state index in [2.05, 4.69) is 5.32 Å². The Bertz CT molecular complexity index is 263. The summed E-state index contributed by atoms with van der Waals surface area (Å²) in [6.45, 7) is 4.27. The number of piperidine rings is 1. The Hall–Kier alpha value is -0.850. The molecule has 1 heterocycles. The van der Waals surface area contributed by atoms with Gasteiger partial charge in [-0.15, -0.1) is 0 Å². The molecule has 18 heavy (non-hydrogen) atoms. The van der Waals surface area contributed by atoms with Gasteiger partial charge in [0.1, 0.15) is 0 Å². The SMILES string of the molecule is COCCC(C)(O)CNC1CCN(C(N)=O)CC1. The van der Waals surface area contributed by atoms with Crippen molar-refractivity contribution < 1.29 is 14.6 Å². The monoisotopic (exact) mass is 259 g/mol. The second-order valence-corrected chi connectivity index (χ2v) is 5.22. The van der Waals surface area contributed by atoms with Crippen molar-refractivity contribution in [2.45, 2.75) is 37.8 Å². The van der Waals surface area contributed by atoms with Crippen LogP contribution in [0, 0.1) is 0 Å². The molecule has 0 aromatic heterocycles. The Labute approximate surface area is 108 Å². The molecule has 1 rings (SSSR count). The van der Waals surface area contributed by atoms with E-state index in [9.17, 15) is 9.90 Å². The lowest BCUT2D eigenvalue weighted by Crippen LogP contribution is -2.50. The average molecular weight is 259 g/mol.